The molecule has 1 amide bonds. The molecule has 158 valence electrons. The van der Waals surface area contributed by atoms with Crippen LogP contribution in [0.5, 0.6) is 17.2 Å². The highest BCUT2D eigenvalue weighted by Gasteiger charge is 2.25. The number of non-ortho nitro benzene ring substituents is 1. The standard InChI is InChI=1S/C23H20N2O6/c1-29-20-8-5-16(6-9-20)15-30-21-10-7-18-14-24(23(26)31-22(18)12-21)13-17-3-2-4-19(11-17)25(27)28/h2-12H,13-15H2,1H3. The Morgan fingerprint density at radius 3 is 2.55 bits per heavy atom. The van der Waals surface area contributed by atoms with Crippen LogP contribution in [0.4, 0.5) is 10.5 Å². The SMILES string of the molecule is COc1ccc(COc2ccc3c(c2)OC(=O)N(Cc2cccc([N+](=O)[O-])c2)C3)cc1. The Kier molecular flexibility index (Phi) is 5.70. The fourth-order valence-electron chi connectivity index (χ4n) is 3.28. The van der Waals surface area contributed by atoms with E-state index in [0.717, 1.165) is 16.9 Å². The summed E-state index contributed by atoms with van der Waals surface area (Å²) in [6.07, 6.45) is -0.508. The quantitative estimate of drug-likeness (QED) is 0.407. The number of nitro benzene ring substituents is 1. The van der Waals surface area contributed by atoms with Crippen molar-refractivity contribution in [3.63, 3.8) is 0 Å². The first-order chi connectivity index (χ1) is 15.0. The molecule has 0 saturated carbocycles. The highest BCUT2D eigenvalue weighted by Crippen LogP contribution is 2.31. The van der Waals surface area contributed by atoms with Crippen molar-refractivity contribution in [3.8, 4) is 17.2 Å². The van der Waals surface area contributed by atoms with Crippen LogP contribution in [-0.2, 0) is 19.7 Å². The van der Waals surface area contributed by atoms with Gasteiger partial charge in [0.15, 0.2) is 0 Å². The maximum absolute atomic E-state index is 12.4. The molecule has 4 rings (SSSR count). The van der Waals surface area contributed by atoms with Gasteiger partial charge in [-0.25, -0.2) is 4.79 Å². The van der Waals surface area contributed by atoms with Crippen molar-refractivity contribution < 1.29 is 23.9 Å². The molecule has 0 unspecified atom stereocenters. The number of hydrogen-bond donors (Lipinski definition) is 0. The van der Waals surface area contributed by atoms with Gasteiger partial charge in [-0.15, -0.1) is 0 Å². The van der Waals surface area contributed by atoms with Crippen LogP contribution in [0.3, 0.4) is 0 Å². The van der Waals surface area contributed by atoms with Gasteiger partial charge in [-0.1, -0.05) is 24.3 Å². The van der Waals surface area contributed by atoms with E-state index in [9.17, 15) is 14.9 Å². The van der Waals surface area contributed by atoms with E-state index in [2.05, 4.69) is 0 Å². The Morgan fingerprint density at radius 2 is 1.81 bits per heavy atom. The van der Waals surface area contributed by atoms with Crippen LogP contribution in [0.25, 0.3) is 0 Å². The number of rotatable bonds is 7. The van der Waals surface area contributed by atoms with Crippen LogP contribution in [0.2, 0.25) is 0 Å². The fourth-order valence-corrected chi connectivity index (χ4v) is 3.28. The molecule has 0 N–H and O–H groups in total. The molecule has 8 nitrogen and oxygen atoms in total. The zero-order valence-corrected chi connectivity index (χ0v) is 16.8. The summed E-state index contributed by atoms with van der Waals surface area (Å²) in [5.74, 6) is 1.82. The Hall–Kier alpha value is -4.07. The lowest BCUT2D eigenvalue weighted by Crippen LogP contribution is -2.36. The third-order valence-corrected chi connectivity index (χ3v) is 4.91. The molecular weight excluding hydrogens is 400 g/mol. The van der Waals surface area contributed by atoms with E-state index in [1.165, 1.54) is 17.0 Å². The van der Waals surface area contributed by atoms with Crippen molar-refractivity contribution in [2.24, 2.45) is 0 Å². The largest absolute Gasteiger partial charge is 0.497 e. The summed E-state index contributed by atoms with van der Waals surface area (Å²) in [7, 11) is 1.62. The predicted octanol–water partition coefficient (Wildman–Crippen LogP) is 4.70. The molecular formula is C23H20N2O6. The first-order valence-electron chi connectivity index (χ1n) is 9.60. The summed E-state index contributed by atoms with van der Waals surface area (Å²) in [6.45, 7) is 0.931. The van der Waals surface area contributed by atoms with E-state index >= 15 is 0 Å². The normalized spacial score (nSPS) is 12.7. The van der Waals surface area contributed by atoms with E-state index in [4.69, 9.17) is 14.2 Å². The molecule has 0 aliphatic carbocycles. The van der Waals surface area contributed by atoms with E-state index in [1.54, 1.807) is 25.3 Å². The second-order valence-electron chi connectivity index (χ2n) is 7.06. The number of nitro groups is 1. The van der Waals surface area contributed by atoms with Gasteiger partial charge in [-0.05, 0) is 35.4 Å². The maximum atomic E-state index is 12.4. The van der Waals surface area contributed by atoms with Crippen molar-refractivity contribution in [2.45, 2.75) is 19.7 Å². The molecule has 0 aromatic heterocycles. The molecule has 8 heteroatoms. The minimum Gasteiger partial charge on any atom is -0.497 e. The molecule has 3 aromatic rings. The van der Waals surface area contributed by atoms with Gasteiger partial charge in [0, 0.05) is 30.3 Å². The van der Waals surface area contributed by atoms with Crippen LogP contribution >= 0.6 is 0 Å². The number of methoxy groups -OCH3 is 1. The lowest BCUT2D eigenvalue weighted by molar-refractivity contribution is -0.384. The zero-order valence-electron chi connectivity index (χ0n) is 16.8. The summed E-state index contributed by atoms with van der Waals surface area (Å²) >= 11 is 0. The summed E-state index contributed by atoms with van der Waals surface area (Å²) in [6, 6.07) is 19.2. The third kappa shape index (κ3) is 4.75. The number of carbonyl (C=O) groups is 1. The summed E-state index contributed by atoms with van der Waals surface area (Å²) in [4.78, 5) is 24.5. The van der Waals surface area contributed by atoms with Gasteiger partial charge in [0.2, 0.25) is 0 Å². The number of carbonyl (C=O) groups excluding carboxylic acids is 1. The molecule has 0 spiro atoms. The van der Waals surface area contributed by atoms with E-state index in [0.29, 0.717) is 30.2 Å². The lowest BCUT2D eigenvalue weighted by atomic mass is 10.1. The Labute approximate surface area is 178 Å². The van der Waals surface area contributed by atoms with Gasteiger partial charge < -0.3 is 14.2 Å². The van der Waals surface area contributed by atoms with Crippen molar-refractivity contribution in [3.05, 3.63) is 93.5 Å². The first kappa shape index (κ1) is 20.2. The number of nitrogens with zero attached hydrogens (tertiary/aromatic N) is 2. The van der Waals surface area contributed by atoms with Crippen LogP contribution < -0.4 is 14.2 Å². The van der Waals surface area contributed by atoms with Crippen LogP contribution in [0, 0.1) is 10.1 Å². The smallest absolute Gasteiger partial charge is 0.415 e. The highest BCUT2D eigenvalue weighted by molar-refractivity contribution is 5.73. The predicted molar refractivity (Wildman–Crippen MR) is 112 cm³/mol. The number of fused-ring (bicyclic) bond motifs is 1. The van der Waals surface area contributed by atoms with Crippen molar-refractivity contribution in [1.82, 2.24) is 4.90 Å². The highest BCUT2D eigenvalue weighted by atomic mass is 16.6. The molecule has 3 aromatic carbocycles. The van der Waals surface area contributed by atoms with Gasteiger partial charge in [0.25, 0.3) is 5.69 Å². The summed E-state index contributed by atoms with van der Waals surface area (Å²) in [5.41, 5.74) is 2.47. The monoisotopic (exact) mass is 420 g/mol. The Bertz CT molecular complexity index is 1110. The minimum absolute atomic E-state index is 0.0121. The second-order valence-corrected chi connectivity index (χ2v) is 7.06. The number of benzene rings is 3. The Balaban J connectivity index is 1.42. The summed E-state index contributed by atoms with van der Waals surface area (Å²) < 4.78 is 16.4. The van der Waals surface area contributed by atoms with Crippen molar-refractivity contribution >= 4 is 11.8 Å². The van der Waals surface area contributed by atoms with Crippen LogP contribution in [0.1, 0.15) is 16.7 Å². The topological polar surface area (TPSA) is 91.1 Å². The molecule has 1 aliphatic rings. The third-order valence-electron chi connectivity index (χ3n) is 4.91. The van der Waals surface area contributed by atoms with Gasteiger partial charge in [-0.2, -0.15) is 0 Å². The molecule has 0 saturated heterocycles. The molecule has 0 bridgehead atoms. The van der Waals surface area contributed by atoms with E-state index < -0.39 is 11.0 Å². The van der Waals surface area contributed by atoms with Crippen molar-refractivity contribution in [2.75, 3.05) is 7.11 Å². The molecule has 1 heterocycles. The lowest BCUT2D eigenvalue weighted by Gasteiger charge is -2.28. The van der Waals surface area contributed by atoms with Crippen LogP contribution in [0.15, 0.2) is 66.7 Å². The number of ether oxygens (including phenoxy) is 3. The average Bonchev–Trinajstić information content (AvgIpc) is 2.78. The first-order valence-corrected chi connectivity index (χ1v) is 9.60. The van der Waals surface area contributed by atoms with E-state index in [-0.39, 0.29) is 12.2 Å². The minimum atomic E-state index is -0.508. The van der Waals surface area contributed by atoms with Gasteiger partial charge >= 0.3 is 6.09 Å². The van der Waals surface area contributed by atoms with Gasteiger partial charge in [0.05, 0.1) is 18.6 Å². The molecule has 0 fully saturated rings. The molecule has 0 radical (unpaired) electrons. The number of amides is 1. The van der Waals surface area contributed by atoms with Crippen LogP contribution in [-0.4, -0.2) is 23.0 Å². The maximum Gasteiger partial charge on any atom is 0.415 e. The van der Waals surface area contributed by atoms with E-state index in [1.807, 2.05) is 36.4 Å². The Morgan fingerprint density at radius 1 is 1.03 bits per heavy atom. The summed E-state index contributed by atoms with van der Waals surface area (Å²) in [5, 5.41) is 11.0. The second kappa shape index (κ2) is 8.74. The van der Waals surface area contributed by atoms with Crippen molar-refractivity contribution in [1.29, 1.82) is 0 Å². The number of hydrogen-bond acceptors (Lipinski definition) is 6. The van der Waals surface area contributed by atoms with Gasteiger partial charge in [0.1, 0.15) is 23.9 Å². The molecule has 0 atom stereocenters. The average molecular weight is 420 g/mol. The zero-order chi connectivity index (χ0) is 21.8. The van der Waals surface area contributed by atoms with Gasteiger partial charge in [-0.3, -0.25) is 15.0 Å². The molecule has 31 heavy (non-hydrogen) atoms. The fraction of sp³-hybridized carbons (Fsp3) is 0.174. The molecule has 1 aliphatic heterocycles.